The van der Waals surface area contributed by atoms with E-state index in [1.807, 2.05) is 11.3 Å². The van der Waals surface area contributed by atoms with Gasteiger partial charge in [-0.1, -0.05) is 230 Å². The number of benzene rings is 9. The molecule has 9 aromatic carbocycles. The highest BCUT2D eigenvalue weighted by Gasteiger charge is 2.51. The summed E-state index contributed by atoms with van der Waals surface area (Å²) in [6.07, 6.45) is 8.42. The molecule has 0 fully saturated rings. The maximum absolute atomic E-state index is 2.54. The average molecular weight is 948 g/mol. The quantitative estimate of drug-likeness (QED) is 0.147. The molecule has 0 spiro atoms. The second-order valence-corrected chi connectivity index (χ2v) is 23.4. The Morgan fingerprint density at radius 3 is 1.57 bits per heavy atom. The summed E-state index contributed by atoms with van der Waals surface area (Å²) in [5.74, 6) is 0. The van der Waals surface area contributed by atoms with Gasteiger partial charge < -0.3 is 4.90 Å². The zero-order chi connectivity index (χ0) is 49.4. The average Bonchev–Trinajstić information content (AvgIpc) is 3.92. The highest BCUT2D eigenvalue weighted by atomic mass is 32.1. The molecule has 10 aromatic rings. The van der Waals surface area contributed by atoms with Crippen LogP contribution in [0.5, 0.6) is 0 Å². The topological polar surface area (TPSA) is 3.24 Å². The van der Waals surface area contributed by atoms with Gasteiger partial charge in [-0.05, 0) is 138 Å². The van der Waals surface area contributed by atoms with E-state index >= 15 is 0 Å². The fourth-order valence-corrected chi connectivity index (χ4v) is 13.1. The molecule has 0 radical (unpaired) electrons. The molecule has 0 N–H and O–H groups in total. The van der Waals surface area contributed by atoms with Gasteiger partial charge in [-0.3, -0.25) is 0 Å². The predicted octanol–water partition coefficient (Wildman–Crippen LogP) is 19.7. The summed E-state index contributed by atoms with van der Waals surface area (Å²) >= 11 is 1.87. The van der Waals surface area contributed by atoms with E-state index in [9.17, 15) is 0 Å². The number of hydrogen-bond acceptors (Lipinski definition) is 2. The van der Waals surface area contributed by atoms with E-state index in [1.165, 1.54) is 92.5 Å². The third kappa shape index (κ3) is 7.58. The van der Waals surface area contributed by atoms with Crippen LogP contribution >= 0.6 is 11.3 Å². The molecular weight excluding hydrogens is 887 g/mol. The molecule has 0 aliphatic heterocycles. The molecule has 72 heavy (non-hydrogen) atoms. The summed E-state index contributed by atoms with van der Waals surface area (Å²) in [5.41, 5.74) is 19.3. The van der Waals surface area contributed by atoms with E-state index in [2.05, 4.69) is 284 Å². The van der Waals surface area contributed by atoms with Crippen LogP contribution in [0.1, 0.15) is 88.3 Å². The lowest BCUT2D eigenvalue weighted by Crippen LogP contribution is -2.36. The van der Waals surface area contributed by atoms with Gasteiger partial charge in [0.1, 0.15) is 0 Å². The molecule has 12 rings (SSSR count). The zero-order valence-corrected chi connectivity index (χ0v) is 43.3. The molecule has 0 bridgehead atoms. The Hall–Kier alpha value is -7.52. The van der Waals surface area contributed by atoms with Crippen molar-refractivity contribution in [1.82, 2.24) is 0 Å². The lowest BCUT2D eigenvalue weighted by Gasteiger charge is -2.43. The molecule has 352 valence electrons. The minimum Gasteiger partial charge on any atom is -0.310 e. The van der Waals surface area contributed by atoms with Crippen molar-refractivity contribution in [3.8, 4) is 33.4 Å². The van der Waals surface area contributed by atoms with Gasteiger partial charge in [0.25, 0.3) is 0 Å². The van der Waals surface area contributed by atoms with Gasteiger partial charge in [0.15, 0.2) is 0 Å². The van der Waals surface area contributed by atoms with Crippen molar-refractivity contribution in [3.63, 3.8) is 0 Å². The second-order valence-electron chi connectivity index (χ2n) is 22.3. The van der Waals surface area contributed by atoms with Crippen molar-refractivity contribution >= 4 is 48.6 Å². The summed E-state index contributed by atoms with van der Waals surface area (Å²) in [5, 5.41) is 2.64. The van der Waals surface area contributed by atoms with E-state index < -0.39 is 5.41 Å². The summed E-state index contributed by atoms with van der Waals surface area (Å²) in [6, 6.07) is 79.7. The number of allylic oxidation sites excluding steroid dienone is 4. The number of fused-ring (bicyclic) bond motifs is 6. The first-order valence-electron chi connectivity index (χ1n) is 25.6. The van der Waals surface area contributed by atoms with Crippen molar-refractivity contribution in [2.45, 2.75) is 71.1 Å². The molecule has 1 heterocycles. The van der Waals surface area contributed by atoms with Crippen LogP contribution in [0, 0.1) is 5.41 Å². The molecule has 0 amide bonds. The largest absolute Gasteiger partial charge is 0.310 e. The van der Waals surface area contributed by atoms with Crippen LogP contribution in [0.4, 0.5) is 17.1 Å². The third-order valence-electron chi connectivity index (χ3n) is 15.6. The molecule has 2 aliphatic carbocycles. The van der Waals surface area contributed by atoms with Gasteiger partial charge in [-0.15, -0.1) is 11.3 Å². The first-order chi connectivity index (χ1) is 34.8. The van der Waals surface area contributed by atoms with Gasteiger partial charge in [-0.2, -0.15) is 0 Å². The van der Waals surface area contributed by atoms with Crippen molar-refractivity contribution in [2.24, 2.45) is 5.41 Å². The zero-order valence-electron chi connectivity index (χ0n) is 42.5. The molecule has 2 aliphatic rings. The highest BCUT2D eigenvalue weighted by molar-refractivity contribution is 7.25. The van der Waals surface area contributed by atoms with Crippen molar-refractivity contribution in [1.29, 1.82) is 0 Å². The Morgan fingerprint density at radius 1 is 0.444 bits per heavy atom. The van der Waals surface area contributed by atoms with Crippen molar-refractivity contribution in [2.75, 3.05) is 4.90 Å². The fourth-order valence-electron chi connectivity index (χ4n) is 12.0. The molecule has 2 heteroatoms. The Balaban J connectivity index is 1.08. The Bertz CT molecular complexity index is 3670. The molecule has 0 saturated carbocycles. The van der Waals surface area contributed by atoms with E-state index in [4.69, 9.17) is 0 Å². The normalized spacial score (nSPS) is 16.1. The fraction of sp³-hybridized carbons (Fsp3) is 0.171. The molecule has 1 nitrogen and oxygen atoms in total. The summed E-state index contributed by atoms with van der Waals surface area (Å²) in [6.45, 7) is 16.7. The lowest BCUT2D eigenvalue weighted by atomic mass is 9.60. The van der Waals surface area contributed by atoms with Gasteiger partial charge in [-0.25, -0.2) is 0 Å². The summed E-state index contributed by atoms with van der Waals surface area (Å²) in [4.78, 5) is 2.46. The van der Waals surface area contributed by atoms with Crippen molar-refractivity contribution in [3.05, 3.63) is 270 Å². The first kappa shape index (κ1) is 45.6. The Morgan fingerprint density at radius 2 is 0.972 bits per heavy atom. The lowest BCUT2D eigenvalue weighted by molar-refractivity contribution is 0.487. The standard InChI is InChI=1S/C70H61NS/c1-67(2,3)51-41-43-69(7,44-42-51)66-61(68(4,5)6)40-39-60-57-38-36-56(46-62(57)70(65(60)66,52-21-13-9-14-22-52)53-23-15-10-16-24-53)71(54-32-27-48(28-33-54)47-19-11-8-12-20-47)55-34-29-49(30-35-55)50-31-37-59-58-25-17-18-26-63(58)72-64(59)45-50/h8-43,45-46H,44H2,1-7H3. The number of rotatable bonds is 8. The third-order valence-corrected chi connectivity index (χ3v) is 16.8. The number of nitrogens with zero attached hydrogens (tertiary/aromatic N) is 1. The van der Waals surface area contributed by atoms with E-state index in [0.29, 0.717) is 0 Å². The number of hydrogen-bond donors (Lipinski definition) is 0. The van der Waals surface area contributed by atoms with Gasteiger partial charge >= 0.3 is 0 Å². The van der Waals surface area contributed by atoms with E-state index in [1.54, 1.807) is 0 Å². The number of thiophene rings is 1. The van der Waals surface area contributed by atoms with Gasteiger partial charge in [0.05, 0.1) is 5.41 Å². The van der Waals surface area contributed by atoms with Gasteiger partial charge in [0.2, 0.25) is 0 Å². The van der Waals surface area contributed by atoms with Crippen LogP contribution < -0.4 is 4.90 Å². The Labute approximate surface area is 430 Å². The van der Waals surface area contributed by atoms with E-state index in [0.717, 1.165) is 23.5 Å². The van der Waals surface area contributed by atoms with Crippen LogP contribution in [0.25, 0.3) is 53.6 Å². The molecule has 0 saturated heterocycles. The minimum atomic E-state index is -0.636. The monoisotopic (exact) mass is 947 g/mol. The molecule has 1 atom stereocenters. The molecule has 1 aromatic heterocycles. The molecular formula is C70H61NS. The van der Waals surface area contributed by atoms with E-state index in [-0.39, 0.29) is 16.2 Å². The van der Waals surface area contributed by atoms with Crippen LogP contribution in [0.3, 0.4) is 0 Å². The van der Waals surface area contributed by atoms with Crippen molar-refractivity contribution < 1.29 is 0 Å². The number of anilines is 3. The van der Waals surface area contributed by atoms with Crippen LogP contribution in [0.2, 0.25) is 0 Å². The summed E-state index contributed by atoms with van der Waals surface area (Å²) < 4.78 is 2.64. The SMILES string of the molecule is CC(C)(C)C1=CCC(C)(c2c(C(C)(C)C)ccc3c2C(c2ccccc2)(c2ccccc2)c2cc(N(c4ccc(-c5ccccc5)cc4)c4ccc(-c5ccc6c(c5)sc5ccccc56)cc4)ccc2-3)C=C1. The minimum absolute atomic E-state index is 0.0653. The maximum Gasteiger partial charge on any atom is 0.0717 e. The van der Waals surface area contributed by atoms with Crippen LogP contribution in [-0.2, 0) is 16.2 Å². The smallest absolute Gasteiger partial charge is 0.0717 e. The summed E-state index contributed by atoms with van der Waals surface area (Å²) in [7, 11) is 0. The predicted molar refractivity (Wildman–Crippen MR) is 310 cm³/mol. The van der Waals surface area contributed by atoms with Gasteiger partial charge in [0, 0.05) is 42.6 Å². The maximum atomic E-state index is 2.54. The highest BCUT2D eigenvalue weighted by Crippen LogP contribution is 2.61. The second kappa shape index (κ2) is 17.4. The first-order valence-corrected chi connectivity index (χ1v) is 26.4. The van der Waals surface area contributed by atoms with Crippen LogP contribution in [-0.4, -0.2) is 0 Å². The Kier molecular flexibility index (Phi) is 11.0. The van der Waals surface area contributed by atoms with Crippen LogP contribution in [0.15, 0.2) is 236 Å². The molecule has 1 unspecified atom stereocenters.